The van der Waals surface area contributed by atoms with E-state index in [0.717, 1.165) is 0 Å². The number of amides is 4. The Bertz CT molecular complexity index is 1390. The van der Waals surface area contributed by atoms with Gasteiger partial charge in [0.2, 0.25) is 23.6 Å². The lowest BCUT2D eigenvalue weighted by Gasteiger charge is -2.28. The van der Waals surface area contributed by atoms with Crippen LogP contribution in [0, 0.1) is 23.7 Å². The van der Waals surface area contributed by atoms with Crippen molar-refractivity contribution in [3.63, 3.8) is 0 Å². The van der Waals surface area contributed by atoms with Crippen LogP contribution in [0.2, 0.25) is 0 Å². The number of likely N-dealkylation sites (tertiary alicyclic amines) is 1. The van der Waals surface area contributed by atoms with Crippen LogP contribution in [0.15, 0.2) is 12.5 Å². The zero-order valence-corrected chi connectivity index (χ0v) is 31.2. The van der Waals surface area contributed by atoms with E-state index in [1.165, 1.54) is 24.3 Å². The first kappa shape index (κ1) is 44.6. The lowest BCUT2D eigenvalue weighted by atomic mass is 9.87. The Hall–Kier alpha value is -3.54. The zero-order valence-electron chi connectivity index (χ0n) is 30.3. The summed E-state index contributed by atoms with van der Waals surface area (Å²) in [4.78, 5) is 106. The molecule has 1 fully saturated rings. The molecule has 1 saturated heterocycles. The molecule has 0 spiro atoms. The molecule has 2 heterocycles. The molecule has 1 unspecified atom stereocenters. The Morgan fingerprint density at radius 3 is 2.33 bits per heavy atom. The Morgan fingerprint density at radius 1 is 1.06 bits per heavy atom. The number of aromatic amines is 1. The molecule has 18 nitrogen and oxygen atoms in total. The summed E-state index contributed by atoms with van der Waals surface area (Å²) in [6.45, 7) is 5.51. The minimum atomic E-state index is -4.54. The van der Waals surface area contributed by atoms with Gasteiger partial charge in [0.15, 0.2) is 11.6 Å². The van der Waals surface area contributed by atoms with Crippen molar-refractivity contribution in [2.75, 3.05) is 46.2 Å². The predicted octanol–water partition coefficient (Wildman–Crippen LogP) is -0.546. The van der Waals surface area contributed by atoms with E-state index in [4.69, 9.17) is 15.2 Å². The first-order chi connectivity index (χ1) is 24.5. The number of carbonyl (C=O) groups excluding carboxylic acids is 6. The van der Waals surface area contributed by atoms with Crippen molar-refractivity contribution in [2.45, 2.75) is 83.8 Å². The van der Waals surface area contributed by atoms with Crippen LogP contribution in [-0.2, 0) is 49.2 Å². The average Bonchev–Trinajstić information content (AvgIpc) is 3.76. The number of aliphatic hydroxyl groups excluding tert-OH is 1. The molecule has 4 amide bonds. The molecule has 19 heteroatoms. The Balaban J connectivity index is 2.19. The summed E-state index contributed by atoms with van der Waals surface area (Å²) < 4.78 is 21.8. The molecule has 1 aliphatic heterocycles. The van der Waals surface area contributed by atoms with Gasteiger partial charge in [0, 0.05) is 50.7 Å². The second-order valence-corrected chi connectivity index (χ2v) is 15.4. The van der Waals surface area contributed by atoms with Gasteiger partial charge in [-0.2, -0.15) is 0 Å². The number of hydrogen-bond donors (Lipinski definition) is 7. The van der Waals surface area contributed by atoms with Gasteiger partial charge in [-0.15, -0.1) is 0 Å². The first-order valence-corrected chi connectivity index (χ1v) is 19.2. The van der Waals surface area contributed by atoms with Crippen molar-refractivity contribution in [3.8, 4) is 0 Å². The van der Waals surface area contributed by atoms with Crippen molar-refractivity contribution < 1.29 is 57.7 Å². The summed E-state index contributed by atoms with van der Waals surface area (Å²) in [5.41, 5.74) is 5.92. The molecule has 52 heavy (non-hydrogen) atoms. The van der Waals surface area contributed by atoms with E-state index in [0.29, 0.717) is 38.3 Å². The minimum Gasteiger partial charge on any atom is -0.394 e. The molecule has 8 N–H and O–H groups in total. The van der Waals surface area contributed by atoms with Crippen molar-refractivity contribution in [1.29, 1.82) is 0 Å². The second kappa shape index (κ2) is 21.9. The Kier molecular flexibility index (Phi) is 18.8. The summed E-state index contributed by atoms with van der Waals surface area (Å²) in [6, 6.07) is -3.29. The number of nitrogens with two attached hydrogens (primary N) is 1. The van der Waals surface area contributed by atoms with Crippen LogP contribution in [0.3, 0.4) is 0 Å². The summed E-state index contributed by atoms with van der Waals surface area (Å²) in [7, 11) is -3.00. The summed E-state index contributed by atoms with van der Waals surface area (Å²) in [5.74, 6) is -7.14. The van der Waals surface area contributed by atoms with Gasteiger partial charge in [0.1, 0.15) is 12.1 Å². The fraction of sp³-hybridized carbons (Fsp3) is 0.727. The molecule has 0 bridgehead atoms. The number of primary amides is 1. The average molecular weight is 759 g/mol. The molecule has 0 saturated carbocycles. The summed E-state index contributed by atoms with van der Waals surface area (Å²) in [5, 5.41) is 15.3. The number of nitrogens with zero attached hydrogens (tertiary/aromatic N) is 2. The highest BCUT2D eigenvalue weighted by molar-refractivity contribution is 7.51. The number of aliphatic hydroxyl groups is 1. The van der Waals surface area contributed by atoms with Crippen LogP contribution in [0.5, 0.6) is 0 Å². The van der Waals surface area contributed by atoms with E-state index < -0.39 is 92.0 Å². The number of aromatic nitrogens is 2. The fourth-order valence-corrected chi connectivity index (χ4v) is 7.17. The van der Waals surface area contributed by atoms with E-state index in [-0.39, 0.29) is 44.1 Å². The third kappa shape index (κ3) is 15.2. The first-order valence-electron chi connectivity index (χ1n) is 17.4. The van der Waals surface area contributed by atoms with Gasteiger partial charge < -0.3 is 50.6 Å². The topological polar surface area (TPSA) is 281 Å². The molecule has 0 radical (unpaired) electrons. The summed E-state index contributed by atoms with van der Waals surface area (Å²) in [6.07, 6.45) is 2.50. The Morgan fingerprint density at radius 2 is 1.75 bits per heavy atom. The number of Topliss-reactive ketones (excluding diaryl/α,β-unsaturated/α-hetero) is 2. The monoisotopic (exact) mass is 758 g/mol. The van der Waals surface area contributed by atoms with Gasteiger partial charge in [-0.3, -0.25) is 33.3 Å². The molecule has 1 aliphatic rings. The van der Waals surface area contributed by atoms with Crippen LogP contribution in [-0.4, -0.2) is 129 Å². The summed E-state index contributed by atoms with van der Waals surface area (Å²) >= 11 is 0. The van der Waals surface area contributed by atoms with Gasteiger partial charge >= 0.3 is 7.60 Å². The SMILES string of the molecule is COCCOCCC(=O)N1CCC[C@H]1C(=O)N[C@@H](CC(C)C)C(=O)C[C@@H](Cc1cnc[nH]1)C(=O)N[C@@H](CO)C(=O)C[C@H](C(N)=O)C(C)CP(=O)(O)O. The molecule has 1 aromatic heterocycles. The molecular weight excluding hydrogens is 703 g/mol. The van der Waals surface area contributed by atoms with Crippen LogP contribution < -0.4 is 16.4 Å². The number of methoxy groups -OCH3 is 1. The van der Waals surface area contributed by atoms with E-state index >= 15 is 0 Å². The third-order valence-electron chi connectivity index (χ3n) is 8.91. The fourth-order valence-electron chi connectivity index (χ4n) is 6.16. The number of ketones is 2. The van der Waals surface area contributed by atoms with E-state index in [1.807, 2.05) is 13.8 Å². The maximum Gasteiger partial charge on any atom is 0.325 e. The third-order valence-corrected chi connectivity index (χ3v) is 9.96. The zero-order chi connectivity index (χ0) is 39.0. The number of carbonyl (C=O) groups is 6. The highest BCUT2D eigenvalue weighted by Gasteiger charge is 2.38. The second-order valence-electron chi connectivity index (χ2n) is 13.7. The number of imidazole rings is 1. The van der Waals surface area contributed by atoms with Crippen molar-refractivity contribution >= 4 is 42.8 Å². The van der Waals surface area contributed by atoms with Crippen LogP contribution in [0.4, 0.5) is 0 Å². The Labute approximate surface area is 303 Å². The molecule has 6 atom stereocenters. The van der Waals surface area contributed by atoms with E-state index in [9.17, 15) is 48.2 Å². The maximum absolute atomic E-state index is 13.9. The molecule has 1 aromatic rings. The standard InChI is InChI=1S/C33H55N6O12P/c1-20(2)12-25(37-33(46)27-6-5-8-39(27)30(43)7-9-51-11-10-50-4)28(41)14-22(13-23-16-35-19-36-23)32(45)38-26(17-40)29(42)15-24(31(34)44)21(3)18-52(47,48)49/h16,19-22,24-27,40H,5-15,17-18H2,1-4H3,(H2,34,44)(H,35,36)(H,37,46)(H,38,45)(H2,47,48,49)/t21?,22-,24+,25+,26+,27+/m1/s1. The lowest BCUT2D eigenvalue weighted by molar-refractivity contribution is -0.140. The van der Waals surface area contributed by atoms with Crippen LogP contribution in [0.1, 0.15) is 65.0 Å². The molecular formula is C33H55N6O12P. The molecule has 0 aliphatic carbocycles. The quantitative estimate of drug-likeness (QED) is 0.0488. The normalized spacial score (nSPS) is 17.6. The number of rotatable bonds is 25. The highest BCUT2D eigenvalue weighted by atomic mass is 31.2. The molecule has 0 aromatic carbocycles. The minimum absolute atomic E-state index is 0.0210. The highest BCUT2D eigenvalue weighted by Crippen LogP contribution is 2.39. The van der Waals surface area contributed by atoms with Gasteiger partial charge in [-0.1, -0.05) is 20.8 Å². The molecule has 2 rings (SSSR count). The van der Waals surface area contributed by atoms with E-state index in [1.54, 1.807) is 7.11 Å². The smallest absolute Gasteiger partial charge is 0.325 e. The number of ether oxygens (including phenoxy) is 2. The number of nitrogens with one attached hydrogen (secondary N) is 3. The number of hydrogen-bond acceptors (Lipinski definition) is 11. The van der Waals surface area contributed by atoms with Gasteiger partial charge in [-0.05, 0) is 31.1 Å². The van der Waals surface area contributed by atoms with Gasteiger partial charge in [0.25, 0.3) is 0 Å². The van der Waals surface area contributed by atoms with E-state index in [2.05, 4.69) is 20.6 Å². The van der Waals surface area contributed by atoms with Gasteiger partial charge in [-0.25, -0.2) is 4.98 Å². The molecule has 294 valence electrons. The van der Waals surface area contributed by atoms with Crippen molar-refractivity contribution in [1.82, 2.24) is 25.5 Å². The predicted molar refractivity (Wildman–Crippen MR) is 186 cm³/mol. The maximum atomic E-state index is 13.9. The van der Waals surface area contributed by atoms with Crippen LogP contribution in [0.25, 0.3) is 0 Å². The van der Waals surface area contributed by atoms with Crippen LogP contribution >= 0.6 is 7.60 Å². The largest absolute Gasteiger partial charge is 0.394 e. The number of H-pyrrole nitrogens is 1. The van der Waals surface area contributed by atoms with Gasteiger partial charge in [0.05, 0.1) is 57.3 Å². The van der Waals surface area contributed by atoms with Crippen molar-refractivity contribution in [3.05, 3.63) is 18.2 Å². The van der Waals surface area contributed by atoms with Crippen molar-refractivity contribution in [2.24, 2.45) is 29.4 Å². The lowest BCUT2D eigenvalue weighted by Crippen LogP contribution is -2.52.